The zero-order valence-electron chi connectivity index (χ0n) is 47.2. The molecule has 0 radical (unpaired) electrons. The van der Waals surface area contributed by atoms with Gasteiger partial charge < -0.3 is 14.8 Å². The van der Waals surface area contributed by atoms with Crippen LogP contribution in [0.25, 0.3) is 55.4 Å². The van der Waals surface area contributed by atoms with Crippen molar-refractivity contribution in [2.75, 3.05) is 7.11 Å². The fraction of sp³-hybridized carbons (Fsp3) is 0.382. The maximum absolute atomic E-state index is 8.28. The highest BCUT2D eigenvalue weighted by Crippen LogP contribution is 2.56. The van der Waals surface area contributed by atoms with Gasteiger partial charge in [-0.05, 0) is 179 Å². The van der Waals surface area contributed by atoms with Crippen LogP contribution in [0.5, 0.6) is 5.75 Å². The molecule has 0 saturated heterocycles. The van der Waals surface area contributed by atoms with Crippen molar-refractivity contribution in [1.82, 2.24) is 9.97 Å². The van der Waals surface area contributed by atoms with Crippen molar-refractivity contribution < 1.29 is 14.8 Å². The highest BCUT2D eigenvalue weighted by molar-refractivity contribution is 7.67. The molecule has 0 aliphatic heterocycles. The number of fused-ring (bicyclic) bond motifs is 2. The molecule has 0 amide bonds. The third kappa shape index (κ3) is 16.6. The van der Waals surface area contributed by atoms with Crippen LogP contribution in [0.4, 0.5) is 0 Å². The third-order valence-corrected chi connectivity index (χ3v) is 18.4. The number of ether oxygens (including phenoxy) is 1. The van der Waals surface area contributed by atoms with Crippen LogP contribution in [0.15, 0.2) is 140 Å². The first-order chi connectivity index (χ1) is 36.5. The Morgan fingerprint density at radius 3 is 1.55 bits per heavy atom. The quantitative estimate of drug-likeness (QED) is 0.0997. The number of benzene rings is 6. The number of nitrogens with zero attached hydrogens (tertiary/aromatic N) is 2. The van der Waals surface area contributed by atoms with E-state index in [2.05, 4.69) is 170 Å². The highest BCUT2D eigenvalue weighted by Gasteiger charge is 2.34. The Hall–Kier alpha value is -5.36. The molecule has 10 rings (SSSR count). The number of methoxy groups -OCH3 is 1. The Kier molecular flexibility index (Phi) is 21.7. The largest absolute Gasteiger partial charge is 0.496 e. The number of aromatic nitrogens is 2. The molecule has 2 aliphatic carbocycles. The third-order valence-electron chi connectivity index (χ3n) is 14.6. The molecule has 2 fully saturated rings. The van der Waals surface area contributed by atoms with Gasteiger partial charge in [0.05, 0.1) is 29.5 Å². The van der Waals surface area contributed by atoms with Crippen molar-refractivity contribution in [1.29, 1.82) is 0 Å². The van der Waals surface area contributed by atoms with Gasteiger partial charge in [-0.3, -0.25) is 0 Å². The summed E-state index contributed by atoms with van der Waals surface area (Å²) < 4.78 is 5.81. The lowest BCUT2D eigenvalue weighted by Gasteiger charge is -2.39. The molecule has 8 heteroatoms. The summed E-state index contributed by atoms with van der Waals surface area (Å²) >= 11 is 6.03. The molecule has 8 aromatic rings. The minimum Gasteiger partial charge on any atom is -0.496 e. The minimum absolute atomic E-state index is 0.122. The normalized spacial score (nSPS) is 13.9. The van der Waals surface area contributed by atoms with Gasteiger partial charge in [0.25, 0.3) is 0 Å². The van der Waals surface area contributed by atoms with Crippen LogP contribution in [0, 0.1) is 46.5 Å². The maximum atomic E-state index is 8.28. The van der Waals surface area contributed by atoms with Crippen molar-refractivity contribution >= 4 is 53.8 Å². The second-order valence-electron chi connectivity index (χ2n) is 22.4. The Balaban J connectivity index is 0.000000158. The van der Waals surface area contributed by atoms with Gasteiger partial charge in [-0.1, -0.05) is 187 Å². The molecule has 0 spiro atoms. The van der Waals surface area contributed by atoms with E-state index >= 15 is 0 Å². The van der Waals surface area contributed by atoms with Crippen molar-refractivity contribution in [3.05, 3.63) is 178 Å². The van der Waals surface area contributed by atoms with Crippen LogP contribution >= 0.6 is 19.5 Å². The molecule has 5 nitrogen and oxygen atoms in total. The Labute approximate surface area is 462 Å². The summed E-state index contributed by atoms with van der Waals surface area (Å²) in [5, 5.41) is 21.3. The summed E-state index contributed by atoms with van der Waals surface area (Å²) in [6.45, 7) is 19.1. The molecular formula is C68H83BClN2O3P. The van der Waals surface area contributed by atoms with Crippen molar-refractivity contribution in [2.24, 2.45) is 11.8 Å². The van der Waals surface area contributed by atoms with Gasteiger partial charge in [-0.15, -0.1) is 0 Å². The van der Waals surface area contributed by atoms with Crippen LogP contribution in [-0.2, 0) is 6.42 Å². The average molecular weight is 1050 g/mol. The smallest absolute Gasteiger partial charge is 0.451 e. The first-order valence-electron chi connectivity index (χ1n) is 28.1. The van der Waals surface area contributed by atoms with E-state index in [0.29, 0.717) is 18.2 Å². The molecule has 76 heavy (non-hydrogen) atoms. The summed E-state index contributed by atoms with van der Waals surface area (Å²) in [4.78, 5) is 9.60. The molecule has 0 bridgehead atoms. The van der Waals surface area contributed by atoms with Crippen LogP contribution in [0.3, 0.4) is 0 Å². The van der Waals surface area contributed by atoms with Gasteiger partial charge >= 0.3 is 7.12 Å². The molecule has 6 aromatic carbocycles. The predicted octanol–water partition coefficient (Wildman–Crippen LogP) is 18.4. The number of hydrogen-bond acceptors (Lipinski definition) is 5. The lowest BCUT2D eigenvalue weighted by atomic mass is 9.80. The maximum Gasteiger partial charge on any atom is 0.451 e. The molecule has 2 aromatic heterocycles. The number of halogens is 1. The molecule has 0 atom stereocenters. The monoisotopic (exact) mass is 1050 g/mol. The van der Waals surface area contributed by atoms with Crippen molar-refractivity contribution in [2.45, 2.75) is 151 Å². The number of aryl methyl sites for hydroxylation is 5. The van der Waals surface area contributed by atoms with E-state index in [9.17, 15) is 0 Å². The SMILES string of the molecule is CC(C)CB(O)O.COc1cccc(C)c1-c1ccccc1P(C1CCCCC1)C1CCCCC1.Cc1cc(C)cc(-c2ccc3ccc(CC(C)C)cc3n2)c1.Cc1cc(C)cc(-c2ccc3ccc(Cl)cc3n2)c1. The molecular weight excluding hydrogens is 970 g/mol. The molecule has 2 aliphatic rings. The Morgan fingerprint density at radius 1 is 0.566 bits per heavy atom. The van der Waals surface area contributed by atoms with Gasteiger partial charge in [-0.25, -0.2) is 9.97 Å². The first kappa shape index (κ1) is 58.3. The van der Waals surface area contributed by atoms with Crippen LogP contribution in [0.2, 0.25) is 11.3 Å². The summed E-state index contributed by atoms with van der Waals surface area (Å²) in [7, 11) is 0.565. The van der Waals surface area contributed by atoms with E-state index in [0.717, 1.165) is 61.9 Å². The predicted molar refractivity (Wildman–Crippen MR) is 330 cm³/mol. The Bertz CT molecular complexity index is 3080. The summed E-state index contributed by atoms with van der Waals surface area (Å²) in [6, 6.07) is 49.8. The van der Waals surface area contributed by atoms with Gasteiger partial charge in [-0.2, -0.15) is 0 Å². The van der Waals surface area contributed by atoms with Gasteiger partial charge in [0.15, 0.2) is 0 Å². The topological polar surface area (TPSA) is 75.5 Å². The van der Waals surface area contributed by atoms with E-state index in [1.807, 2.05) is 39.2 Å². The second-order valence-corrected chi connectivity index (χ2v) is 25.6. The van der Waals surface area contributed by atoms with E-state index in [1.165, 1.54) is 120 Å². The van der Waals surface area contributed by atoms with Gasteiger partial charge in [0, 0.05) is 32.5 Å². The Morgan fingerprint density at radius 2 is 1.07 bits per heavy atom. The van der Waals surface area contributed by atoms with Crippen LogP contribution in [0.1, 0.15) is 125 Å². The first-order valence-corrected chi connectivity index (χ1v) is 29.9. The average Bonchev–Trinajstić information content (AvgIpc) is 3.39. The lowest BCUT2D eigenvalue weighted by molar-refractivity contribution is 0.394. The van der Waals surface area contributed by atoms with E-state index < -0.39 is 7.12 Å². The van der Waals surface area contributed by atoms with E-state index in [1.54, 1.807) is 5.30 Å². The summed E-state index contributed by atoms with van der Waals surface area (Å²) in [5.74, 6) is 2.06. The van der Waals surface area contributed by atoms with Crippen LogP contribution in [-0.4, -0.2) is 45.6 Å². The van der Waals surface area contributed by atoms with Gasteiger partial charge in [0.1, 0.15) is 5.75 Å². The van der Waals surface area contributed by atoms with Crippen molar-refractivity contribution in [3.63, 3.8) is 0 Å². The van der Waals surface area contributed by atoms with Crippen LogP contribution < -0.4 is 10.0 Å². The number of rotatable bonds is 11. The highest BCUT2D eigenvalue weighted by atomic mass is 35.5. The molecule has 2 N–H and O–H groups in total. The number of hydrogen-bond donors (Lipinski definition) is 2. The zero-order valence-corrected chi connectivity index (χ0v) is 48.8. The van der Waals surface area contributed by atoms with E-state index in [-0.39, 0.29) is 7.92 Å². The lowest BCUT2D eigenvalue weighted by Crippen LogP contribution is -2.27. The fourth-order valence-corrected chi connectivity index (χ4v) is 15.4. The summed E-state index contributed by atoms with van der Waals surface area (Å²) in [5.41, 5.74) is 18.8. The standard InChI is InChI=1S/C26H35OP.C21H23N.C17H14ClN.C4H11BO2/c1-20-12-11-18-24(27-2)26(20)23-17-9-10-19-25(23)28(21-13-5-3-6-14-21)22-15-7-4-8-16-22;1-14(2)9-17-5-6-18-7-8-20(22-21(18)13-17)19-11-15(3)10-16(4)12-19;1-11-7-12(2)9-14(8-11)16-6-4-13-3-5-15(18)10-17(13)19-16;1-4(2)3-5(6)7/h9-12,17-19,21-22H,3-8,13-16H2,1-2H3;5-8,10-14H,9H2,1-4H3;3-10H,1-2H3;4,6-7H,3H2,1-2H3. The summed E-state index contributed by atoms with van der Waals surface area (Å²) in [6.07, 6.45) is 16.0. The van der Waals surface area contributed by atoms with E-state index in [4.69, 9.17) is 36.4 Å². The van der Waals surface area contributed by atoms with Gasteiger partial charge in [0.2, 0.25) is 0 Å². The zero-order chi connectivity index (χ0) is 54.3. The molecule has 2 saturated carbocycles. The molecule has 398 valence electrons. The fourth-order valence-electron chi connectivity index (χ4n) is 11.3. The second kappa shape index (κ2) is 28.3. The minimum atomic E-state index is -1.13. The number of pyridine rings is 2. The molecule has 2 heterocycles. The van der Waals surface area contributed by atoms with Crippen molar-refractivity contribution in [3.8, 4) is 39.4 Å². The molecule has 0 unspecified atom stereocenters.